The van der Waals surface area contributed by atoms with Gasteiger partial charge in [0.05, 0.1) is 5.56 Å². The summed E-state index contributed by atoms with van der Waals surface area (Å²) in [7, 11) is -3.86. The minimum Gasteiger partial charge on any atom is -0.368 e. The Morgan fingerprint density at radius 2 is 1.96 bits per heavy atom. The number of sulfonamides is 1. The quantitative estimate of drug-likeness (QED) is 0.762. The SMILES string of the molecule is Cc1noc(C)c1S(=O)(=O)NCCNc1ncccc1C(F)(F)F. The zero-order valence-electron chi connectivity index (χ0n) is 12.8. The first-order valence-corrected chi connectivity index (χ1v) is 8.30. The summed E-state index contributed by atoms with van der Waals surface area (Å²) in [6.07, 6.45) is -3.33. The normalized spacial score (nSPS) is 12.4. The van der Waals surface area contributed by atoms with Crippen molar-refractivity contribution in [3.8, 4) is 0 Å². The lowest BCUT2D eigenvalue weighted by Crippen LogP contribution is -2.30. The van der Waals surface area contributed by atoms with E-state index in [0.717, 1.165) is 6.07 Å². The summed E-state index contributed by atoms with van der Waals surface area (Å²) >= 11 is 0. The van der Waals surface area contributed by atoms with E-state index in [1.165, 1.54) is 26.1 Å². The number of halogens is 3. The molecule has 2 rings (SSSR count). The molecule has 0 fully saturated rings. The minimum absolute atomic E-state index is 0.0729. The van der Waals surface area contributed by atoms with Gasteiger partial charge in [-0.2, -0.15) is 13.2 Å². The van der Waals surface area contributed by atoms with Gasteiger partial charge in [-0.05, 0) is 26.0 Å². The number of hydrogen-bond donors (Lipinski definition) is 2. The zero-order chi connectivity index (χ0) is 18.0. The van der Waals surface area contributed by atoms with Gasteiger partial charge in [0.2, 0.25) is 10.0 Å². The van der Waals surface area contributed by atoms with E-state index in [1.54, 1.807) is 0 Å². The van der Waals surface area contributed by atoms with E-state index < -0.39 is 21.8 Å². The molecule has 2 aromatic rings. The molecule has 0 aromatic carbocycles. The standard InChI is InChI=1S/C13H15F3N4O3S/c1-8-11(9(2)23-20-8)24(21,22)19-7-6-18-12-10(13(14,15)16)4-3-5-17-12/h3-5,19H,6-7H2,1-2H3,(H,17,18). The molecule has 24 heavy (non-hydrogen) atoms. The first kappa shape index (κ1) is 18.2. The Bertz CT molecular complexity index is 799. The summed E-state index contributed by atoms with van der Waals surface area (Å²) in [6.45, 7) is 2.71. The average molecular weight is 364 g/mol. The van der Waals surface area contributed by atoms with Gasteiger partial charge in [0.25, 0.3) is 0 Å². The smallest absolute Gasteiger partial charge is 0.368 e. The molecule has 0 aliphatic heterocycles. The highest BCUT2D eigenvalue weighted by Gasteiger charge is 2.34. The highest BCUT2D eigenvalue weighted by atomic mass is 32.2. The molecule has 7 nitrogen and oxygen atoms in total. The first-order chi connectivity index (χ1) is 11.1. The average Bonchev–Trinajstić information content (AvgIpc) is 2.83. The van der Waals surface area contributed by atoms with E-state index in [0.29, 0.717) is 0 Å². The summed E-state index contributed by atoms with van der Waals surface area (Å²) in [5.74, 6) is -0.224. The molecule has 2 heterocycles. The van der Waals surface area contributed by atoms with Gasteiger partial charge in [0, 0.05) is 19.3 Å². The fourth-order valence-corrected chi connectivity index (χ4v) is 3.43. The van der Waals surface area contributed by atoms with Crippen molar-refractivity contribution in [2.45, 2.75) is 24.9 Å². The first-order valence-electron chi connectivity index (χ1n) is 6.81. The van der Waals surface area contributed by atoms with Crippen LogP contribution in [0.3, 0.4) is 0 Å². The van der Waals surface area contributed by atoms with Crippen LogP contribution in [-0.4, -0.2) is 31.6 Å². The number of rotatable bonds is 6. The number of aromatic nitrogens is 2. The summed E-state index contributed by atoms with van der Waals surface area (Å²) in [5.41, 5.74) is -0.712. The van der Waals surface area contributed by atoms with Crippen LogP contribution in [-0.2, 0) is 16.2 Å². The van der Waals surface area contributed by atoms with Crippen LogP contribution < -0.4 is 10.0 Å². The topological polar surface area (TPSA) is 97.1 Å². The van der Waals surface area contributed by atoms with Crippen LogP contribution in [0.4, 0.5) is 19.0 Å². The molecule has 0 aliphatic carbocycles. The van der Waals surface area contributed by atoms with Crippen molar-refractivity contribution in [1.82, 2.24) is 14.9 Å². The van der Waals surface area contributed by atoms with E-state index in [2.05, 4.69) is 20.2 Å². The molecule has 0 atom stereocenters. The van der Waals surface area contributed by atoms with Crippen LogP contribution >= 0.6 is 0 Å². The molecule has 0 radical (unpaired) electrons. The molecule has 0 aliphatic rings. The number of aryl methyl sites for hydroxylation is 2. The molecule has 132 valence electrons. The minimum atomic E-state index is -4.55. The number of hydrogen-bond acceptors (Lipinski definition) is 6. The number of nitrogens with zero attached hydrogens (tertiary/aromatic N) is 2. The van der Waals surface area contributed by atoms with Gasteiger partial charge in [-0.3, -0.25) is 0 Å². The van der Waals surface area contributed by atoms with Crippen molar-refractivity contribution in [2.75, 3.05) is 18.4 Å². The Hall–Kier alpha value is -2.14. The van der Waals surface area contributed by atoms with Crippen LogP contribution in [0.5, 0.6) is 0 Å². The van der Waals surface area contributed by atoms with E-state index >= 15 is 0 Å². The van der Waals surface area contributed by atoms with Gasteiger partial charge in [-0.25, -0.2) is 18.1 Å². The van der Waals surface area contributed by atoms with Crippen LogP contribution in [0.25, 0.3) is 0 Å². The predicted molar refractivity (Wildman–Crippen MR) is 78.9 cm³/mol. The fraction of sp³-hybridized carbons (Fsp3) is 0.385. The molecule has 0 saturated heterocycles. The molecular weight excluding hydrogens is 349 g/mol. The largest absolute Gasteiger partial charge is 0.419 e. The van der Waals surface area contributed by atoms with Crippen molar-refractivity contribution in [3.05, 3.63) is 35.3 Å². The molecule has 0 saturated carbocycles. The number of pyridine rings is 1. The van der Waals surface area contributed by atoms with E-state index in [4.69, 9.17) is 4.52 Å². The summed E-state index contributed by atoms with van der Waals surface area (Å²) in [4.78, 5) is 3.55. The molecule has 0 amide bonds. The van der Waals surface area contributed by atoms with Crippen molar-refractivity contribution in [2.24, 2.45) is 0 Å². The van der Waals surface area contributed by atoms with Crippen molar-refractivity contribution in [3.63, 3.8) is 0 Å². The van der Waals surface area contributed by atoms with Gasteiger partial charge in [0.15, 0.2) is 5.76 Å². The highest BCUT2D eigenvalue weighted by molar-refractivity contribution is 7.89. The van der Waals surface area contributed by atoms with Crippen LogP contribution in [0.2, 0.25) is 0 Å². The number of anilines is 1. The third-order valence-corrected chi connectivity index (χ3v) is 4.76. The second-order valence-electron chi connectivity index (χ2n) is 4.88. The fourth-order valence-electron chi connectivity index (χ4n) is 2.07. The van der Waals surface area contributed by atoms with Gasteiger partial charge in [-0.15, -0.1) is 0 Å². The van der Waals surface area contributed by atoms with Crippen LogP contribution in [0, 0.1) is 13.8 Å². The maximum Gasteiger partial charge on any atom is 0.419 e. The molecule has 11 heteroatoms. The van der Waals surface area contributed by atoms with Crippen molar-refractivity contribution >= 4 is 15.8 Å². The van der Waals surface area contributed by atoms with Gasteiger partial charge < -0.3 is 9.84 Å². The Morgan fingerprint density at radius 1 is 1.25 bits per heavy atom. The van der Waals surface area contributed by atoms with Gasteiger partial charge >= 0.3 is 6.18 Å². The maximum absolute atomic E-state index is 12.8. The second kappa shape index (κ2) is 6.77. The Balaban J connectivity index is 1.99. The third-order valence-electron chi connectivity index (χ3n) is 3.06. The monoisotopic (exact) mass is 364 g/mol. The zero-order valence-corrected chi connectivity index (χ0v) is 13.6. The van der Waals surface area contributed by atoms with Crippen molar-refractivity contribution in [1.29, 1.82) is 0 Å². The lowest BCUT2D eigenvalue weighted by Gasteiger charge is -2.13. The van der Waals surface area contributed by atoms with E-state index in [1.807, 2.05) is 0 Å². The van der Waals surface area contributed by atoms with Crippen molar-refractivity contribution < 1.29 is 26.1 Å². The summed E-state index contributed by atoms with van der Waals surface area (Å²) in [6, 6.07) is 2.07. The second-order valence-corrected chi connectivity index (χ2v) is 6.58. The highest BCUT2D eigenvalue weighted by Crippen LogP contribution is 2.33. The van der Waals surface area contributed by atoms with Gasteiger partial charge in [0.1, 0.15) is 16.4 Å². The maximum atomic E-state index is 12.8. The molecule has 0 spiro atoms. The molecule has 2 N–H and O–H groups in total. The molecule has 0 bridgehead atoms. The number of nitrogens with one attached hydrogen (secondary N) is 2. The van der Waals surface area contributed by atoms with Gasteiger partial charge in [-0.1, -0.05) is 5.16 Å². The summed E-state index contributed by atoms with van der Waals surface area (Å²) < 4.78 is 69.8. The lowest BCUT2D eigenvalue weighted by molar-refractivity contribution is -0.137. The van der Waals surface area contributed by atoms with E-state index in [9.17, 15) is 21.6 Å². The Labute approximate surface area is 136 Å². The number of alkyl halides is 3. The molecule has 2 aromatic heterocycles. The Kier molecular flexibility index (Phi) is 5.13. The lowest BCUT2D eigenvalue weighted by atomic mass is 10.2. The Morgan fingerprint density at radius 3 is 2.54 bits per heavy atom. The predicted octanol–water partition coefficient (Wildman–Crippen LogP) is 2.10. The van der Waals surface area contributed by atoms with Crippen LogP contribution in [0.15, 0.2) is 27.7 Å². The van der Waals surface area contributed by atoms with E-state index in [-0.39, 0.29) is 35.3 Å². The van der Waals surface area contributed by atoms with Crippen LogP contribution in [0.1, 0.15) is 17.0 Å². The molecule has 0 unspecified atom stereocenters. The summed E-state index contributed by atoms with van der Waals surface area (Å²) in [5, 5.41) is 6.02. The third kappa shape index (κ3) is 4.03. The molecular formula is C13H15F3N4O3S.